The van der Waals surface area contributed by atoms with E-state index in [9.17, 15) is 9.59 Å². The first kappa shape index (κ1) is 39.9. The number of piperidine rings is 1. The van der Waals surface area contributed by atoms with Crippen LogP contribution in [-0.2, 0) is 4.79 Å². The first-order chi connectivity index (χ1) is 13.1. The number of likely N-dealkylation sites (tertiary alicyclic amines) is 1. The van der Waals surface area contributed by atoms with E-state index in [-0.39, 0.29) is 17.8 Å². The molecule has 1 fully saturated rings. The summed E-state index contributed by atoms with van der Waals surface area (Å²) >= 11 is 7.50. The molecule has 0 saturated carbocycles. The predicted molar refractivity (Wildman–Crippen MR) is 108 cm³/mol. The number of carbonyl (C=O) groups is 2. The smallest absolute Gasteiger partial charge is 0.314 e. The number of carbonyl (C=O) groups excluding carboxylic acids is 2. The fourth-order valence-electron chi connectivity index (χ4n) is 3.01. The third-order valence-corrected chi connectivity index (χ3v) is 5.58. The van der Waals surface area contributed by atoms with Gasteiger partial charge in [-0.2, -0.15) is 11.8 Å². The molecule has 4 nitrogen and oxygen atoms in total. The van der Waals surface area contributed by atoms with Crippen molar-refractivity contribution < 1.29 is 14.3 Å². The van der Waals surface area contributed by atoms with E-state index in [2.05, 4.69) is 6.92 Å². The van der Waals surface area contributed by atoms with E-state index >= 15 is 0 Å². The molecule has 1 heterocycles. The van der Waals surface area contributed by atoms with Crippen LogP contribution in [0.15, 0.2) is 53.4 Å². The topological polar surface area (TPSA) is 46.6 Å². The van der Waals surface area contributed by atoms with Crippen LogP contribution in [0.5, 0.6) is 5.75 Å². The molecule has 3 rings (SSSR count). The third-order valence-electron chi connectivity index (χ3n) is 4.52. The number of hydrogen-bond acceptors (Lipinski definition) is 4. The van der Waals surface area contributed by atoms with Crippen molar-refractivity contribution in [2.75, 3.05) is 18.8 Å². The van der Waals surface area contributed by atoms with E-state index in [1.165, 1.54) is 0 Å². The van der Waals surface area contributed by atoms with Crippen LogP contribution in [0.3, 0.4) is 0 Å². The molecule has 1 aliphatic heterocycles. The molecular formula is C21H21ClNO3Rf8S-. The number of esters is 1. The van der Waals surface area contributed by atoms with Gasteiger partial charge in [-0.1, -0.05) is 11.6 Å². The van der Waals surface area contributed by atoms with Crippen LogP contribution in [0.1, 0.15) is 23.2 Å². The standard InChI is InChI=1S/C21H21ClNO3S.8Rf/c1-2-27-19-9-7-18(8-10-19)26-21(25)16-11-13-23(14-12-16)20(24)15-3-5-17(22)6-4-15;;;;;;;;/h3-10,16H,1-2,11-14H2;;;;;;;;/q-1;;;;;;;;. The minimum absolute atomic E-state index is 0. The van der Waals surface area contributed by atoms with Crippen molar-refractivity contribution in [3.63, 3.8) is 0 Å². The molecule has 0 atom stereocenters. The number of halogens is 1. The van der Waals surface area contributed by atoms with Crippen LogP contribution in [-0.4, -0.2) is 35.6 Å². The minimum atomic E-state index is -0.230. The first-order valence-electron chi connectivity index (χ1n) is 8.85. The quantitative estimate of drug-likeness (QED) is 0.189. The fourth-order valence-corrected chi connectivity index (χ4v) is 3.70. The van der Waals surface area contributed by atoms with Crippen molar-refractivity contribution in [2.45, 2.75) is 17.7 Å². The predicted octanol–water partition coefficient (Wildman–Crippen LogP) is 4.72. The molecule has 158 valence electrons. The molecule has 1 amide bonds. The summed E-state index contributed by atoms with van der Waals surface area (Å²) in [6, 6.07) is 14.3. The van der Waals surface area contributed by atoms with Crippen molar-refractivity contribution in [3.8, 4) is 5.75 Å². The van der Waals surface area contributed by atoms with Gasteiger partial charge in [-0.05, 0) is 61.4 Å². The van der Waals surface area contributed by atoms with Crippen LogP contribution < -0.4 is 4.74 Å². The number of benzene rings is 2. The maximum atomic E-state index is 12.5. The Hall–Kier alpha value is -9.98. The van der Waals surface area contributed by atoms with Crippen LogP contribution >= 0.6 is 23.4 Å². The fraction of sp³-hybridized carbons (Fsp3) is 0.286. The summed E-state index contributed by atoms with van der Waals surface area (Å²) in [5.74, 6) is 0.858. The Bertz CT molecular complexity index is 811. The Morgan fingerprint density at radius 2 is 1.34 bits per heavy atom. The van der Waals surface area contributed by atoms with E-state index in [0.29, 0.717) is 42.3 Å². The van der Waals surface area contributed by atoms with Gasteiger partial charge in [-0.15, -0.1) is 5.75 Å². The van der Waals surface area contributed by atoms with Gasteiger partial charge in [0, 0.05) is 28.6 Å². The number of hydrogen-bond donors (Lipinski definition) is 0. The monoisotopic (exact) mass is 2540 g/mol. The Kier molecular flexibility index (Phi) is 17.2. The molecule has 1 saturated heterocycles. The normalized spacial score (nSPS) is 11.4. The summed E-state index contributed by atoms with van der Waals surface area (Å²) in [4.78, 5) is 27.8. The van der Waals surface area contributed by atoms with Crippen LogP contribution in [0.2, 0.25) is 5.02 Å². The van der Waals surface area contributed by atoms with Crippen molar-refractivity contribution in [1.29, 1.82) is 0 Å². The van der Waals surface area contributed by atoms with Gasteiger partial charge in [-0.25, -0.2) is 0 Å². The second kappa shape index (κ2) is 15.1. The second-order valence-electron chi connectivity index (χ2n) is 6.31. The zero-order valence-electron chi connectivity index (χ0n) is 20.6. The van der Waals surface area contributed by atoms with E-state index in [0.717, 1.165) is 10.6 Å². The molecule has 0 unspecified atom stereocenters. The molecule has 0 bridgehead atoms. The molecule has 14 heteroatoms. The number of amides is 1. The average Bonchev–Trinajstić information content (AvgIpc) is 2.70. The summed E-state index contributed by atoms with van der Waals surface area (Å²) in [6.45, 7) is 4.88. The molecule has 0 aliphatic carbocycles. The van der Waals surface area contributed by atoms with Crippen LogP contribution in [0.4, 0.5) is 0 Å². The Morgan fingerprint density at radius 3 is 1.80 bits per heavy atom. The number of rotatable bonds is 5. The van der Waals surface area contributed by atoms with E-state index < -0.39 is 0 Å². The SMILES string of the molecule is [CH2-]CSc1ccc(OC(=O)C2CCN(C(=O)c3ccc(Cl)cc3)CC2)cc1.[Rf].[Rf].[Rf].[Rf].[Rf].[Rf].[Rf].[Rf]. The molecule has 2 aromatic rings. The summed E-state index contributed by atoms with van der Waals surface area (Å²) in [5, 5.41) is 0.603. The van der Waals surface area contributed by atoms with Crippen LogP contribution in [0, 0.1) is 12.8 Å². The van der Waals surface area contributed by atoms with Crippen LogP contribution in [0.25, 0.3) is 0 Å². The molecule has 0 spiro atoms. The van der Waals surface area contributed by atoms with Gasteiger partial charge < -0.3 is 16.6 Å². The molecule has 0 radical (unpaired) electrons. The van der Waals surface area contributed by atoms with Crippen molar-refractivity contribution in [2.24, 2.45) is 5.92 Å². The van der Waals surface area contributed by atoms with E-state index in [1.807, 2.05) is 12.1 Å². The molecule has 2 aromatic carbocycles. The van der Waals surface area contributed by atoms with Gasteiger partial charge in [0.05, 0.1) is 5.92 Å². The van der Waals surface area contributed by atoms with Gasteiger partial charge in [0.2, 0.25) is 0 Å². The Balaban J connectivity index is -0.000000263. The Labute approximate surface area is 168 Å². The summed E-state index contributed by atoms with van der Waals surface area (Å²) in [7, 11) is 0. The average molecular weight is 2540 g/mol. The van der Waals surface area contributed by atoms with E-state index in [4.69, 9.17) is 16.3 Å². The summed E-state index contributed by atoms with van der Waals surface area (Å²) in [6.07, 6.45) is 1.21. The largest absolute Gasteiger partial charge is 0.426 e. The van der Waals surface area contributed by atoms with Gasteiger partial charge in [-0.3, -0.25) is 9.59 Å². The molecule has 0 aromatic heterocycles. The zero-order valence-corrected chi connectivity index (χ0v) is 73.3. The zero-order chi connectivity index (χ0) is 19.2. The van der Waals surface area contributed by atoms with Gasteiger partial charge in [0.1, 0.15) is 5.75 Å². The molecule has 0 N–H and O–H groups in total. The van der Waals surface area contributed by atoms with Gasteiger partial charge >= 0.3 is 5.97 Å². The first-order valence-corrected chi connectivity index (χ1v) is 10.2. The van der Waals surface area contributed by atoms with Crippen molar-refractivity contribution in [3.05, 3.63) is 66.0 Å². The second-order valence-corrected chi connectivity index (χ2v) is 7.92. The number of thioether (sulfide) groups is 1. The maximum absolute atomic E-state index is 12.5. The van der Waals surface area contributed by atoms with Crippen molar-refractivity contribution >= 4 is 35.2 Å². The molecule has 1 aliphatic rings. The third kappa shape index (κ3) is 7.65. The summed E-state index contributed by atoms with van der Waals surface area (Å²) in [5.41, 5.74) is 0.612. The van der Waals surface area contributed by atoms with Gasteiger partial charge in [0.25, 0.3) is 5.91 Å². The van der Waals surface area contributed by atoms with E-state index in [1.54, 1.807) is 53.1 Å². The maximum Gasteiger partial charge on any atom is 0.314 e. The van der Waals surface area contributed by atoms with Crippen molar-refractivity contribution in [1.82, 2.24) is 4.90 Å². The summed E-state index contributed by atoms with van der Waals surface area (Å²) < 4.78 is 5.50. The molecule has 35 heavy (non-hydrogen) atoms. The molecular weight excluding hydrogens is 2520 g/mol. The van der Waals surface area contributed by atoms with Gasteiger partial charge in [0.15, 0.2) is 0 Å². The minimum Gasteiger partial charge on any atom is -0.426 e. The Morgan fingerprint density at radius 1 is 0.857 bits per heavy atom. The number of ether oxygens (including phenoxy) is 1. The number of nitrogens with zero attached hydrogens (tertiary/aromatic N) is 1.